The lowest BCUT2D eigenvalue weighted by molar-refractivity contribution is -0.118. The molecule has 0 aliphatic heterocycles. The number of hydrogen-bond acceptors (Lipinski definition) is 8. The number of benzene rings is 1. The predicted molar refractivity (Wildman–Crippen MR) is 108 cm³/mol. The van der Waals surface area contributed by atoms with E-state index in [1.54, 1.807) is 37.3 Å². The summed E-state index contributed by atoms with van der Waals surface area (Å²) < 4.78 is 5.70. The van der Waals surface area contributed by atoms with Gasteiger partial charge in [0.1, 0.15) is 29.9 Å². The lowest BCUT2D eigenvalue weighted by Gasteiger charge is -2.17. The minimum absolute atomic E-state index is 0.181. The summed E-state index contributed by atoms with van der Waals surface area (Å²) in [5.41, 5.74) is 6.74. The third-order valence-corrected chi connectivity index (χ3v) is 3.94. The second kappa shape index (κ2) is 9.11. The zero-order chi connectivity index (χ0) is 21.5. The van der Waals surface area contributed by atoms with E-state index in [1.165, 1.54) is 24.8 Å². The minimum Gasteiger partial charge on any atom is -0.439 e. The molecule has 0 unspecified atom stereocenters. The predicted octanol–water partition coefficient (Wildman–Crippen LogP) is 2.07. The van der Waals surface area contributed by atoms with E-state index in [0.717, 1.165) is 0 Å². The summed E-state index contributed by atoms with van der Waals surface area (Å²) in [7, 11) is 0. The first-order valence-corrected chi connectivity index (χ1v) is 8.77. The topological polar surface area (TPSA) is 156 Å². The lowest BCUT2D eigenvalue weighted by atomic mass is 10.2. The van der Waals surface area contributed by atoms with Crippen LogP contribution < -0.4 is 21.1 Å². The highest BCUT2D eigenvalue weighted by molar-refractivity contribution is 6.04. The number of carbonyl (C=O) groups is 2. The molecule has 0 spiro atoms. The number of amides is 2. The van der Waals surface area contributed by atoms with Crippen molar-refractivity contribution < 1.29 is 14.3 Å². The summed E-state index contributed by atoms with van der Waals surface area (Å²) in [6, 6.07) is 10.7. The number of ether oxygens (including phenoxy) is 1. The first-order valence-electron chi connectivity index (χ1n) is 8.77. The van der Waals surface area contributed by atoms with Gasteiger partial charge in [-0.15, -0.1) is 0 Å². The molecule has 3 rings (SSSR count). The fourth-order valence-corrected chi connectivity index (χ4v) is 2.36. The minimum atomic E-state index is -0.706. The quantitative estimate of drug-likeness (QED) is 0.541. The summed E-state index contributed by atoms with van der Waals surface area (Å²) in [5.74, 6) is -0.343. The Balaban J connectivity index is 1.86. The normalized spacial score (nSPS) is 11.1. The number of nitrogens with one attached hydrogen (secondary N) is 2. The van der Waals surface area contributed by atoms with Crippen LogP contribution in [0.1, 0.15) is 23.0 Å². The van der Waals surface area contributed by atoms with Gasteiger partial charge < -0.3 is 21.1 Å². The first-order chi connectivity index (χ1) is 14.5. The van der Waals surface area contributed by atoms with Gasteiger partial charge in [-0.1, -0.05) is 0 Å². The molecule has 2 aromatic heterocycles. The molecule has 0 saturated heterocycles. The molecule has 1 aromatic carbocycles. The smallest absolute Gasteiger partial charge is 0.274 e. The first kappa shape index (κ1) is 20.2. The second-order valence-corrected chi connectivity index (χ2v) is 6.12. The molecule has 10 heteroatoms. The van der Waals surface area contributed by atoms with Crippen molar-refractivity contribution in [1.82, 2.24) is 15.0 Å². The zero-order valence-corrected chi connectivity index (χ0v) is 15.9. The van der Waals surface area contributed by atoms with Crippen LogP contribution in [0.5, 0.6) is 11.6 Å². The van der Waals surface area contributed by atoms with Gasteiger partial charge in [-0.3, -0.25) is 9.59 Å². The molecule has 0 aliphatic carbocycles. The molecule has 1 atom stereocenters. The van der Waals surface area contributed by atoms with Gasteiger partial charge in [0.25, 0.3) is 5.91 Å². The van der Waals surface area contributed by atoms with Crippen LogP contribution in [0.25, 0.3) is 0 Å². The van der Waals surface area contributed by atoms with Crippen molar-refractivity contribution in [3.63, 3.8) is 0 Å². The highest BCUT2D eigenvalue weighted by Gasteiger charge is 2.15. The van der Waals surface area contributed by atoms with Crippen molar-refractivity contribution in [3.05, 3.63) is 66.4 Å². The molecule has 0 radical (unpaired) electrons. The van der Waals surface area contributed by atoms with Crippen LogP contribution in [0.2, 0.25) is 0 Å². The Morgan fingerprint density at radius 1 is 1.17 bits per heavy atom. The number of nitriles is 1. The van der Waals surface area contributed by atoms with E-state index in [0.29, 0.717) is 22.7 Å². The molecule has 2 heterocycles. The molecule has 0 fully saturated rings. The average molecular weight is 403 g/mol. The fraction of sp³-hybridized carbons (Fsp3) is 0.100. The molecule has 0 aliphatic rings. The van der Waals surface area contributed by atoms with Crippen molar-refractivity contribution in [1.29, 1.82) is 5.26 Å². The van der Waals surface area contributed by atoms with Gasteiger partial charge in [-0.25, -0.2) is 15.0 Å². The Hall–Kier alpha value is -4.52. The molecular weight excluding hydrogens is 386 g/mol. The van der Waals surface area contributed by atoms with Gasteiger partial charge in [-0.2, -0.15) is 5.26 Å². The number of pyridine rings is 1. The molecule has 2 amide bonds. The van der Waals surface area contributed by atoms with Gasteiger partial charge in [0.05, 0.1) is 16.9 Å². The van der Waals surface area contributed by atoms with Crippen molar-refractivity contribution in [2.45, 2.75) is 13.0 Å². The zero-order valence-electron chi connectivity index (χ0n) is 15.9. The molecular formula is C20H17N7O3. The maximum Gasteiger partial charge on any atom is 0.274 e. The summed E-state index contributed by atoms with van der Waals surface area (Å²) in [6.45, 7) is 1.59. The van der Waals surface area contributed by atoms with Gasteiger partial charge in [0.15, 0.2) is 0 Å². The van der Waals surface area contributed by atoms with E-state index in [2.05, 4.69) is 25.6 Å². The Morgan fingerprint density at radius 2 is 2.00 bits per heavy atom. The number of aromatic nitrogens is 3. The Bertz CT molecular complexity index is 1100. The van der Waals surface area contributed by atoms with Crippen LogP contribution >= 0.6 is 0 Å². The van der Waals surface area contributed by atoms with Crippen LogP contribution in [-0.4, -0.2) is 32.8 Å². The summed E-state index contributed by atoms with van der Waals surface area (Å²) >= 11 is 0. The summed E-state index contributed by atoms with van der Waals surface area (Å²) in [6.07, 6.45) is 4.11. The Kier molecular flexibility index (Phi) is 6.14. The van der Waals surface area contributed by atoms with Crippen molar-refractivity contribution in [3.8, 4) is 17.7 Å². The highest BCUT2D eigenvalue weighted by Crippen LogP contribution is 2.30. The number of hydrogen-bond donors (Lipinski definition) is 3. The molecule has 4 N–H and O–H groups in total. The SMILES string of the molecule is C[C@H](Nc1cc(Oc2ccc(C#N)cn2)ccc1NC(=O)c1ccncn1)C(N)=O. The average Bonchev–Trinajstić information content (AvgIpc) is 2.76. The summed E-state index contributed by atoms with van der Waals surface area (Å²) in [4.78, 5) is 35.7. The van der Waals surface area contributed by atoms with Gasteiger partial charge in [-0.05, 0) is 31.2 Å². The standard InChI is InChI=1S/C20H17N7O3/c1-12(19(22)28)26-17-8-14(30-18-5-2-13(9-21)10-24-18)3-4-15(17)27-20(29)16-6-7-23-11-25-16/h2-8,10-12,26H,1H3,(H2,22,28)(H,27,29)/t12-/m0/s1. The van der Waals surface area contributed by atoms with Gasteiger partial charge in [0.2, 0.25) is 11.8 Å². The number of anilines is 2. The Morgan fingerprint density at radius 3 is 2.63 bits per heavy atom. The number of rotatable bonds is 7. The summed E-state index contributed by atoms with van der Waals surface area (Å²) in [5, 5.41) is 14.5. The van der Waals surface area contributed by atoms with E-state index >= 15 is 0 Å². The van der Waals surface area contributed by atoms with Crippen LogP contribution in [0.15, 0.2) is 55.1 Å². The number of primary amides is 1. The largest absolute Gasteiger partial charge is 0.439 e. The number of nitrogens with zero attached hydrogens (tertiary/aromatic N) is 4. The molecule has 0 saturated carbocycles. The molecule has 3 aromatic rings. The number of carbonyl (C=O) groups excluding carboxylic acids is 2. The number of nitrogens with two attached hydrogens (primary N) is 1. The lowest BCUT2D eigenvalue weighted by Crippen LogP contribution is -2.32. The molecule has 0 bridgehead atoms. The Labute approximate surface area is 171 Å². The maximum atomic E-state index is 12.4. The molecule has 150 valence electrons. The van der Waals surface area contributed by atoms with Crippen LogP contribution in [0.4, 0.5) is 11.4 Å². The van der Waals surface area contributed by atoms with Crippen molar-refractivity contribution in [2.75, 3.05) is 10.6 Å². The van der Waals surface area contributed by atoms with Crippen LogP contribution in [0.3, 0.4) is 0 Å². The van der Waals surface area contributed by atoms with Crippen molar-refractivity contribution >= 4 is 23.2 Å². The van der Waals surface area contributed by atoms with Crippen LogP contribution in [-0.2, 0) is 4.79 Å². The maximum absolute atomic E-state index is 12.4. The van der Waals surface area contributed by atoms with Crippen molar-refractivity contribution in [2.24, 2.45) is 5.73 Å². The van der Waals surface area contributed by atoms with E-state index in [1.807, 2.05) is 6.07 Å². The van der Waals surface area contributed by atoms with E-state index in [-0.39, 0.29) is 11.6 Å². The van der Waals surface area contributed by atoms with E-state index in [9.17, 15) is 9.59 Å². The highest BCUT2D eigenvalue weighted by atomic mass is 16.5. The second-order valence-electron chi connectivity index (χ2n) is 6.12. The fourth-order valence-electron chi connectivity index (χ4n) is 2.36. The molecule has 10 nitrogen and oxygen atoms in total. The van der Waals surface area contributed by atoms with Gasteiger partial charge >= 0.3 is 0 Å². The van der Waals surface area contributed by atoms with E-state index < -0.39 is 17.9 Å². The molecule has 30 heavy (non-hydrogen) atoms. The van der Waals surface area contributed by atoms with Crippen LogP contribution in [0, 0.1) is 11.3 Å². The van der Waals surface area contributed by atoms with E-state index in [4.69, 9.17) is 15.7 Å². The van der Waals surface area contributed by atoms with Gasteiger partial charge in [0, 0.05) is 24.5 Å². The third kappa shape index (κ3) is 5.05. The monoisotopic (exact) mass is 403 g/mol. The third-order valence-electron chi connectivity index (χ3n) is 3.94.